The lowest BCUT2D eigenvalue weighted by Crippen LogP contribution is -2.48. The van der Waals surface area contributed by atoms with E-state index in [4.69, 9.17) is 5.73 Å². The quantitative estimate of drug-likeness (QED) is 0.735. The first-order chi connectivity index (χ1) is 11.1. The number of halogens is 2. The van der Waals surface area contributed by atoms with Gasteiger partial charge in [-0.3, -0.25) is 4.79 Å². The molecule has 5 nitrogen and oxygen atoms in total. The van der Waals surface area contributed by atoms with E-state index in [0.29, 0.717) is 17.9 Å². The summed E-state index contributed by atoms with van der Waals surface area (Å²) in [5.41, 5.74) is 9.05. The number of hydrogen-bond acceptors (Lipinski definition) is 3. The molecule has 2 saturated carbocycles. The van der Waals surface area contributed by atoms with Crippen LogP contribution in [0.25, 0.3) is 11.0 Å². The summed E-state index contributed by atoms with van der Waals surface area (Å²) in [5.74, 6) is 2.18. The van der Waals surface area contributed by atoms with Crippen molar-refractivity contribution in [1.82, 2.24) is 9.97 Å². The number of benzene rings is 1. The zero-order chi connectivity index (χ0) is 16.0. The van der Waals surface area contributed by atoms with Gasteiger partial charge in [-0.25, -0.2) is 4.98 Å². The molecule has 2 bridgehead atoms. The van der Waals surface area contributed by atoms with Crippen molar-refractivity contribution < 1.29 is 4.79 Å². The first kappa shape index (κ1) is 20.0. The Bertz CT molecular complexity index is 734. The van der Waals surface area contributed by atoms with E-state index in [0.717, 1.165) is 35.4 Å². The maximum atomic E-state index is 12.7. The number of rotatable bonds is 2. The second-order valence-electron chi connectivity index (χ2n) is 7.24. The number of amides is 1. The Kier molecular flexibility index (Phi) is 6.35. The third-order valence-electron chi connectivity index (χ3n) is 5.65. The minimum atomic E-state index is 0. The number of anilines is 1. The Balaban J connectivity index is 0.00000113. The summed E-state index contributed by atoms with van der Waals surface area (Å²) >= 11 is 0. The molecule has 138 valence electrons. The lowest BCUT2D eigenvalue weighted by Gasteiger charge is -2.43. The van der Waals surface area contributed by atoms with Crippen LogP contribution < -0.4 is 11.1 Å². The molecule has 1 aromatic heterocycles. The van der Waals surface area contributed by atoms with Gasteiger partial charge in [-0.05, 0) is 62.6 Å². The molecule has 0 spiro atoms. The maximum Gasteiger partial charge on any atom is 0.227 e. The molecule has 2 aliphatic rings. The number of aromatic nitrogens is 2. The van der Waals surface area contributed by atoms with Crippen LogP contribution in [0.2, 0.25) is 0 Å². The molecule has 0 radical (unpaired) electrons. The zero-order valence-corrected chi connectivity index (χ0v) is 16.0. The maximum absolute atomic E-state index is 12.7. The summed E-state index contributed by atoms with van der Waals surface area (Å²) in [5, 5.41) is 3.09. The van der Waals surface area contributed by atoms with Gasteiger partial charge in [0, 0.05) is 17.6 Å². The molecule has 4 rings (SSSR count). The van der Waals surface area contributed by atoms with Crippen LogP contribution in [-0.2, 0) is 4.79 Å². The second kappa shape index (κ2) is 7.94. The van der Waals surface area contributed by atoms with Crippen LogP contribution in [0.5, 0.6) is 0 Å². The minimum Gasteiger partial charge on any atom is -0.342 e. The Labute approximate surface area is 160 Å². The highest BCUT2D eigenvalue weighted by Crippen LogP contribution is 2.42. The molecule has 1 aromatic carbocycles. The number of nitrogens with zero attached hydrogens (tertiary/aromatic N) is 1. The summed E-state index contributed by atoms with van der Waals surface area (Å²) in [4.78, 5) is 20.3. The Morgan fingerprint density at radius 3 is 2.60 bits per heavy atom. The topological polar surface area (TPSA) is 83.8 Å². The number of fused-ring (bicyclic) bond motifs is 3. The van der Waals surface area contributed by atoms with Gasteiger partial charge in [0.2, 0.25) is 5.91 Å². The third kappa shape index (κ3) is 3.94. The molecule has 1 amide bonds. The van der Waals surface area contributed by atoms with Crippen LogP contribution in [-0.4, -0.2) is 21.9 Å². The third-order valence-corrected chi connectivity index (χ3v) is 5.65. The van der Waals surface area contributed by atoms with Crippen molar-refractivity contribution in [2.24, 2.45) is 23.5 Å². The Hall–Kier alpha value is -1.30. The van der Waals surface area contributed by atoms with Crippen LogP contribution in [0, 0.1) is 24.7 Å². The van der Waals surface area contributed by atoms with Crippen molar-refractivity contribution in [3.8, 4) is 0 Å². The lowest BCUT2D eigenvalue weighted by atomic mass is 9.65. The van der Waals surface area contributed by atoms with Gasteiger partial charge in [0.1, 0.15) is 5.82 Å². The summed E-state index contributed by atoms with van der Waals surface area (Å²) < 4.78 is 0. The molecule has 2 aliphatic carbocycles. The summed E-state index contributed by atoms with van der Waals surface area (Å²) in [7, 11) is 0. The number of carbonyl (C=O) groups is 1. The van der Waals surface area contributed by atoms with Gasteiger partial charge in [0.25, 0.3) is 0 Å². The van der Waals surface area contributed by atoms with E-state index in [1.807, 2.05) is 25.1 Å². The SMILES string of the molecule is Cc1nc2ccc(NC(=O)C3CC4CCCC(C3)C4N)cc2[nH]1.Cl.Cl. The van der Waals surface area contributed by atoms with E-state index in [-0.39, 0.29) is 36.6 Å². The molecule has 25 heavy (non-hydrogen) atoms. The minimum absolute atomic E-state index is 0. The highest BCUT2D eigenvalue weighted by Gasteiger charge is 2.40. The summed E-state index contributed by atoms with van der Waals surface area (Å²) in [6.07, 6.45) is 5.51. The number of aryl methyl sites for hydroxylation is 1. The fourth-order valence-electron chi connectivity index (χ4n) is 4.46. The number of aromatic amines is 1. The van der Waals surface area contributed by atoms with E-state index in [1.165, 1.54) is 19.3 Å². The Morgan fingerprint density at radius 2 is 1.92 bits per heavy atom. The van der Waals surface area contributed by atoms with Crippen LogP contribution in [0.15, 0.2) is 18.2 Å². The number of hydrogen-bond donors (Lipinski definition) is 3. The largest absolute Gasteiger partial charge is 0.342 e. The standard InChI is InChI=1S/C18H24N4O.2ClH/c1-10-20-15-6-5-14(9-16(15)21-10)22-18(23)13-7-11-3-2-4-12(8-13)17(11)19;;/h5-6,9,11-13,17H,2-4,7-8,19H2,1H3,(H,20,21)(H,22,23);2*1H. The number of imidazole rings is 1. The van der Waals surface area contributed by atoms with Gasteiger partial charge < -0.3 is 16.0 Å². The van der Waals surface area contributed by atoms with Gasteiger partial charge >= 0.3 is 0 Å². The van der Waals surface area contributed by atoms with Gasteiger partial charge in [-0.15, -0.1) is 24.8 Å². The first-order valence-electron chi connectivity index (χ1n) is 8.63. The van der Waals surface area contributed by atoms with Crippen molar-refractivity contribution in [2.75, 3.05) is 5.32 Å². The number of nitrogens with two attached hydrogens (primary N) is 1. The summed E-state index contributed by atoms with van der Waals surface area (Å²) in [6.45, 7) is 1.93. The molecular formula is C18H26Cl2N4O. The van der Waals surface area contributed by atoms with Gasteiger partial charge in [0.15, 0.2) is 0 Å². The van der Waals surface area contributed by atoms with Crippen molar-refractivity contribution in [3.63, 3.8) is 0 Å². The fourth-order valence-corrected chi connectivity index (χ4v) is 4.46. The van der Waals surface area contributed by atoms with Crippen molar-refractivity contribution >= 4 is 47.4 Å². The molecule has 1 heterocycles. The highest BCUT2D eigenvalue weighted by molar-refractivity contribution is 5.94. The van der Waals surface area contributed by atoms with Crippen LogP contribution in [0.1, 0.15) is 37.9 Å². The van der Waals surface area contributed by atoms with E-state index in [1.54, 1.807) is 0 Å². The van der Waals surface area contributed by atoms with E-state index in [2.05, 4.69) is 15.3 Å². The predicted octanol–water partition coefficient (Wildman–Crippen LogP) is 3.81. The van der Waals surface area contributed by atoms with Crippen LogP contribution in [0.4, 0.5) is 5.69 Å². The molecule has 0 saturated heterocycles. The molecular weight excluding hydrogens is 359 g/mol. The highest BCUT2D eigenvalue weighted by atomic mass is 35.5. The zero-order valence-electron chi connectivity index (χ0n) is 14.3. The molecule has 0 aliphatic heterocycles. The number of carbonyl (C=O) groups excluding carboxylic acids is 1. The molecule has 2 atom stereocenters. The van der Waals surface area contributed by atoms with Crippen molar-refractivity contribution in [2.45, 2.75) is 45.1 Å². The van der Waals surface area contributed by atoms with Crippen molar-refractivity contribution in [3.05, 3.63) is 24.0 Å². The van der Waals surface area contributed by atoms with E-state index < -0.39 is 0 Å². The monoisotopic (exact) mass is 384 g/mol. The Morgan fingerprint density at radius 1 is 1.24 bits per heavy atom. The molecule has 4 N–H and O–H groups in total. The molecule has 7 heteroatoms. The lowest BCUT2D eigenvalue weighted by molar-refractivity contribution is -0.122. The normalized spacial score (nSPS) is 27.9. The average Bonchev–Trinajstić information content (AvgIpc) is 2.86. The summed E-state index contributed by atoms with van der Waals surface area (Å²) in [6, 6.07) is 6.13. The molecule has 2 unspecified atom stereocenters. The van der Waals surface area contributed by atoms with Crippen LogP contribution in [0.3, 0.4) is 0 Å². The van der Waals surface area contributed by atoms with Gasteiger partial charge in [-0.2, -0.15) is 0 Å². The predicted molar refractivity (Wildman–Crippen MR) is 105 cm³/mol. The van der Waals surface area contributed by atoms with E-state index >= 15 is 0 Å². The van der Waals surface area contributed by atoms with Gasteiger partial charge in [0.05, 0.1) is 11.0 Å². The number of nitrogens with one attached hydrogen (secondary N) is 2. The second-order valence-corrected chi connectivity index (χ2v) is 7.24. The average molecular weight is 385 g/mol. The van der Waals surface area contributed by atoms with Gasteiger partial charge in [-0.1, -0.05) is 6.42 Å². The fraction of sp³-hybridized carbons (Fsp3) is 0.556. The molecule has 2 aromatic rings. The number of H-pyrrole nitrogens is 1. The molecule has 2 fully saturated rings. The van der Waals surface area contributed by atoms with Crippen molar-refractivity contribution in [1.29, 1.82) is 0 Å². The van der Waals surface area contributed by atoms with Crippen LogP contribution >= 0.6 is 24.8 Å². The first-order valence-corrected chi connectivity index (χ1v) is 8.63. The van der Waals surface area contributed by atoms with E-state index in [9.17, 15) is 4.79 Å². The smallest absolute Gasteiger partial charge is 0.227 e.